The highest BCUT2D eigenvalue weighted by atomic mass is 19.4. The number of carbonyl (C=O) groups is 1. The summed E-state index contributed by atoms with van der Waals surface area (Å²) in [6.45, 7) is 2.03. The minimum Gasteiger partial charge on any atom is -0.478 e. The highest BCUT2D eigenvalue weighted by Gasteiger charge is 2.30. The van der Waals surface area contributed by atoms with Gasteiger partial charge in [0, 0.05) is 29.5 Å². The van der Waals surface area contributed by atoms with Crippen LogP contribution in [0.4, 0.5) is 13.2 Å². The summed E-state index contributed by atoms with van der Waals surface area (Å²) in [5.41, 5.74) is 4.53. The van der Waals surface area contributed by atoms with Crippen molar-refractivity contribution in [2.45, 2.75) is 44.7 Å². The van der Waals surface area contributed by atoms with Crippen LogP contribution >= 0.6 is 0 Å². The molecule has 0 saturated heterocycles. The number of halogens is 3. The zero-order valence-corrected chi connectivity index (χ0v) is 22.0. The number of carboxylic acid groups (broad SMARTS) is 1. The molecule has 4 rings (SSSR count). The highest BCUT2D eigenvalue weighted by Crippen LogP contribution is 2.32. The molecule has 8 heteroatoms. The maximum absolute atomic E-state index is 13.3. The zero-order chi connectivity index (χ0) is 28.7. The second-order valence-corrected chi connectivity index (χ2v) is 9.53. The van der Waals surface area contributed by atoms with Crippen LogP contribution in [0, 0.1) is 5.41 Å². The number of carboxylic acids is 1. The first-order chi connectivity index (χ1) is 19.2. The fraction of sp³-hybridized carbons (Fsp3) is 0.219. The lowest BCUT2D eigenvalue weighted by Crippen LogP contribution is -2.12. The third kappa shape index (κ3) is 7.14. The van der Waals surface area contributed by atoms with Crippen LogP contribution in [0.1, 0.15) is 47.9 Å². The van der Waals surface area contributed by atoms with Gasteiger partial charge in [0.25, 0.3) is 0 Å². The first-order valence-electron chi connectivity index (χ1n) is 13.0. The average molecular weight is 546 g/mol. The van der Waals surface area contributed by atoms with Gasteiger partial charge >= 0.3 is 12.1 Å². The molecule has 1 atom stereocenters. The van der Waals surface area contributed by atoms with Gasteiger partial charge < -0.3 is 10.5 Å². The number of hydrogen-bond acceptors (Lipinski definition) is 3. The molecule has 0 saturated carbocycles. The summed E-state index contributed by atoms with van der Waals surface area (Å²) >= 11 is 0. The summed E-state index contributed by atoms with van der Waals surface area (Å²) in [6.07, 6.45) is 2.26. The van der Waals surface area contributed by atoms with Gasteiger partial charge in [-0.05, 0) is 60.6 Å². The van der Waals surface area contributed by atoms with E-state index in [1.807, 2.05) is 61.5 Å². The fourth-order valence-electron chi connectivity index (χ4n) is 4.70. The molecular formula is C32H30F3N3O2. The Morgan fingerprint density at radius 2 is 1.77 bits per heavy atom. The minimum atomic E-state index is -4.45. The van der Waals surface area contributed by atoms with Gasteiger partial charge in [-0.15, -0.1) is 0 Å². The van der Waals surface area contributed by atoms with Gasteiger partial charge in [0.2, 0.25) is 0 Å². The van der Waals surface area contributed by atoms with Gasteiger partial charge in [0.1, 0.15) is 0 Å². The van der Waals surface area contributed by atoms with Crippen molar-refractivity contribution in [3.8, 4) is 16.9 Å². The number of aliphatic carboxylic acids is 1. The summed E-state index contributed by atoms with van der Waals surface area (Å²) in [7, 11) is 0. The van der Waals surface area contributed by atoms with Crippen molar-refractivity contribution in [2.24, 2.45) is 0 Å². The maximum Gasteiger partial charge on any atom is 0.416 e. The summed E-state index contributed by atoms with van der Waals surface area (Å²) < 4.78 is 41.4. The van der Waals surface area contributed by atoms with E-state index in [0.717, 1.165) is 46.9 Å². The Morgan fingerprint density at radius 3 is 2.42 bits per heavy atom. The first-order valence-corrected chi connectivity index (χ1v) is 13.0. The van der Waals surface area contributed by atoms with E-state index in [0.29, 0.717) is 36.4 Å². The number of aryl methyl sites for hydroxylation is 1. The SMILES string of the molecule is CCC(C(=N)CCc1cn(-c2cccc(C(F)(F)F)c2)nc1-c1ccccc1)c1ccc(C/C=C/C(=O)O)cc1. The molecule has 0 aliphatic rings. The molecule has 1 unspecified atom stereocenters. The van der Waals surface area contributed by atoms with Crippen LogP contribution in [-0.2, 0) is 23.8 Å². The summed E-state index contributed by atoms with van der Waals surface area (Å²) in [6, 6.07) is 22.4. The Labute approximate surface area is 231 Å². The number of allylic oxidation sites excluding steroid dienone is 1. The van der Waals surface area contributed by atoms with Crippen LogP contribution in [0.15, 0.2) is 97.2 Å². The number of alkyl halides is 3. The summed E-state index contributed by atoms with van der Waals surface area (Å²) in [5, 5.41) is 22.3. The first kappa shape index (κ1) is 28.5. The van der Waals surface area contributed by atoms with E-state index in [9.17, 15) is 18.0 Å². The average Bonchev–Trinajstić information content (AvgIpc) is 3.37. The van der Waals surface area contributed by atoms with Gasteiger partial charge in [0.15, 0.2) is 0 Å². The Morgan fingerprint density at radius 1 is 1.05 bits per heavy atom. The third-order valence-electron chi connectivity index (χ3n) is 6.76. The fourth-order valence-corrected chi connectivity index (χ4v) is 4.70. The van der Waals surface area contributed by atoms with Crippen molar-refractivity contribution in [2.75, 3.05) is 0 Å². The Bertz CT molecular complexity index is 1490. The van der Waals surface area contributed by atoms with Crippen LogP contribution in [-0.4, -0.2) is 26.6 Å². The van der Waals surface area contributed by atoms with E-state index in [2.05, 4.69) is 5.10 Å². The molecular weight excluding hydrogens is 515 g/mol. The second kappa shape index (κ2) is 12.6. The lowest BCUT2D eigenvalue weighted by atomic mass is 9.88. The molecule has 0 aliphatic carbocycles. The van der Waals surface area contributed by atoms with Gasteiger partial charge in [-0.25, -0.2) is 9.48 Å². The van der Waals surface area contributed by atoms with Crippen molar-refractivity contribution < 1.29 is 23.1 Å². The topological polar surface area (TPSA) is 79.0 Å². The van der Waals surface area contributed by atoms with Crippen molar-refractivity contribution in [1.29, 1.82) is 5.41 Å². The van der Waals surface area contributed by atoms with E-state index in [-0.39, 0.29) is 5.92 Å². The van der Waals surface area contributed by atoms with Gasteiger partial charge in [-0.2, -0.15) is 18.3 Å². The maximum atomic E-state index is 13.3. The minimum absolute atomic E-state index is 0.0812. The lowest BCUT2D eigenvalue weighted by Gasteiger charge is -2.17. The molecule has 5 nitrogen and oxygen atoms in total. The van der Waals surface area contributed by atoms with Crippen LogP contribution < -0.4 is 0 Å². The summed E-state index contributed by atoms with van der Waals surface area (Å²) in [4.78, 5) is 10.7. The van der Waals surface area contributed by atoms with E-state index >= 15 is 0 Å². The Kier molecular flexibility index (Phi) is 8.99. The molecule has 2 N–H and O–H groups in total. The van der Waals surface area contributed by atoms with Crippen LogP contribution in [0.5, 0.6) is 0 Å². The van der Waals surface area contributed by atoms with E-state index < -0.39 is 17.7 Å². The molecule has 4 aromatic rings. The van der Waals surface area contributed by atoms with E-state index in [1.165, 1.54) is 10.7 Å². The lowest BCUT2D eigenvalue weighted by molar-refractivity contribution is -0.137. The number of nitrogens with zero attached hydrogens (tertiary/aromatic N) is 2. The molecule has 0 spiro atoms. The van der Waals surface area contributed by atoms with Crippen molar-refractivity contribution in [1.82, 2.24) is 9.78 Å². The van der Waals surface area contributed by atoms with Gasteiger partial charge in [0.05, 0.1) is 16.9 Å². The Balaban J connectivity index is 1.55. The molecule has 1 heterocycles. The molecule has 0 radical (unpaired) electrons. The van der Waals surface area contributed by atoms with Crippen molar-refractivity contribution in [3.05, 3.63) is 119 Å². The molecule has 0 fully saturated rings. The van der Waals surface area contributed by atoms with Crippen LogP contribution in [0.25, 0.3) is 16.9 Å². The molecule has 0 bridgehead atoms. The number of hydrogen-bond donors (Lipinski definition) is 2. The summed E-state index contributed by atoms with van der Waals surface area (Å²) in [5.74, 6) is -1.06. The number of benzene rings is 3. The van der Waals surface area contributed by atoms with Gasteiger partial charge in [-0.3, -0.25) is 0 Å². The van der Waals surface area contributed by atoms with E-state index in [4.69, 9.17) is 10.5 Å². The normalized spacial score (nSPS) is 12.5. The van der Waals surface area contributed by atoms with Crippen molar-refractivity contribution in [3.63, 3.8) is 0 Å². The largest absolute Gasteiger partial charge is 0.478 e. The number of nitrogens with one attached hydrogen (secondary N) is 1. The smallest absolute Gasteiger partial charge is 0.416 e. The third-order valence-corrected chi connectivity index (χ3v) is 6.76. The molecule has 40 heavy (non-hydrogen) atoms. The highest BCUT2D eigenvalue weighted by molar-refractivity contribution is 5.88. The standard InChI is InChI=1S/C32H30F3N3O2/c1-2-28(23-16-14-22(15-17-23)8-6-13-30(39)40)29(36)19-18-25-21-38(37-31(25)24-9-4-3-5-10-24)27-12-7-11-26(20-27)32(33,34)35/h3-7,9-17,20-21,28,36H,2,8,18-19H2,1H3,(H,39,40)/b13-6+,36-29?. The quantitative estimate of drug-likeness (QED) is 0.149. The molecule has 0 aliphatic heterocycles. The molecule has 0 amide bonds. The predicted octanol–water partition coefficient (Wildman–Crippen LogP) is 7.89. The van der Waals surface area contributed by atoms with Crippen LogP contribution in [0.2, 0.25) is 0 Å². The molecule has 3 aromatic carbocycles. The number of rotatable bonds is 11. The monoisotopic (exact) mass is 545 g/mol. The van der Waals surface area contributed by atoms with Crippen LogP contribution in [0.3, 0.4) is 0 Å². The number of aromatic nitrogens is 2. The van der Waals surface area contributed by atoms with Crippen molar-refractivity contribution >= 4 is 11.7 Å². The van der Waals surface area contributed by atoms with E-state index in [1.54, 1.807) is 18.3 Å². The predicted molar refractivity (Wildman–Crippen MR) is 150 cm³/mol. The van der Waals surface area contributed by atoms with Gasteiger partial charge in [-0.1, -0.05) is 73.7 Å². The Hall–Kier alpha value is -4.46. The molecule has 1 aromatic heterocycles. The zero-order valence-electron chi connectivity index (χ0n) is 22.0. The molecule has 206 valence electrons. The second-order valence-electron chi connectivity index (χ2n) is 9.53.